The molecule has 0 saturated carbocycles. The lowest BCUT2D eigenvalue weighted by atomic mass is 10.1. The van der Waals surface area contributed by atoms with Crippen LogP contribution >= 0.6 is 11.6 Å². The van der Waals surface area contributed by atoms with Crippen LogP contribution < -0.4 is 10.3 Å². The summed E-state index contributed by atoms with van der Waals surface area (Å²) in [5, 5.41) is 4.30. The molecule has 0 radical (unpaired) electrons. The third-order valence-corrected chi connectivity index (χ3v) is 5.81. The zero-order chi connectivity index (χ0) is 24.2. The fourth-order valence-electron chi connectivity index (χ4n) is 3.68. The normalized spacial score (nSPS) is 11.1. The van der Waals surface area contributed by atoms with E-state index in [9.17, 15) is 4.79 Å². The zero-order valence-corrected chi connectivity index (χ0v) is 20.5. The van der Waals surface area contributed by atoms with Crippen molar-refractivity contribution in [1.82, 2.24) is 29.3 Å². The summed E-state index contributed by atoms with van der Waals surface area (Å²) in [6.45, 7) is 6.15. The monoisotopic (exact) mass is 478 g/mol. The van der Waals surface area contributed by atoms with Crippen molar-refractivity contribution < 1.29 is 4.74 Å². The molecule has 4 heterocycles. The van der Waals surface area contributed by atoms with Crippen molar-refractivity contribution in [3.05, 3.63) is 81.0 Å². The Balaban J connectivity index is 1.67. The molecule has 176 valence electrons. The summed E-state index contributed by atoms with van der Waals surface area (Å²) in [6.07, 6.45) is 8.24. The minimum atomic E-state index is -0.363. The zero-order valence-electron chi connectivity index (χ0n) is 19.7. The molecule has 0 spiro atoms. The molecule has 0 aliphatic heterocycles. The van der Waals surface area contributed by atoms with E-state index in [-0.39, 0.29) is 17.2 Å². The molecule has 0 aliphatic rings. The van der Waals surface area contributed by atoms with Gasteiger partial charge >= 0.3 is 0 Å². The average Bonchev–Trinajstić information content (AvgIpc) is 3.25. The van der Waals surface area contributed by atoms with E-state index in [1.165, 1.54) is 0 Å². The summed E-state index contributed by atoms with van der Waals surface area (Å²) in [5.74, 6) is 1.12. The Morgan fingerprint density at radius 3 is 2.71 bits per heavy atom. The van der Waals surface area contributed by atoms with Crippen LogP contribution in [0, 0.1) is 13.8 Å². The molecule has 8 nitrogen and oxygen atoms in total. The predicted octanol–water partition coefficient (Wildman–Crippen LogP) is 4.61. The molecule has 9 heteroatoms. The first-order chi connectivity index (χ1) is 16.4. The highest BCUT2D eigenvalue weighted by atomic mass is 35.5. The number of hydrogen-bond acceptors (Lipinski definition) is 6. The molecule has 4 rings (SSSR count). The number of aromatic nitrogens is 6. The molecule has 0 aliphatic carbocycles. The van der Waals surface area contributed by atoms with Crippen molar-refractivity contribution in [2.24, 2.45) is 7.05 Å². The second kappa shape index (κ2) is 10.2. The molecule has 34 heavy (non-hydrogen) atoms. The highest BCUT2D eigenvalue weighted by Crippen LogP contribution is 2.26. The Hall–Kier alpha value is -3.52. The van der Waals surface area contributed by atoms with Crippen LogP contribution in [0.15, 0.2) is 47.7 Å². The first-order valence-corrected chi connectivity index (χ1v) is 11.6. The van der Waals surface area contributed by atoms with Crippen LogP contribution in [0.4, 0.5) is 0 Å². The van der Waals surface area contributed by atoms with Crippen LogP contribution in [0.3, 0.4) is 0 Å². The Morgan fingerprint density at radius 1 is 1.15 bits per heavy atom. The molecular weight excluding hydrogens is 452 g/mol. The Labute approximate surface area is 203 Å². The molecule has 4 aromatic rings. The van der Waals surface area contributed by atoms with Crippen LogP contribution in [0.1, 0.15) is 42.5 Å². The van der Waals surface area contributed by atoms with Gasteiger partial charge in [-0.2, -0.15) is 5.10 Å². The van der Waals surface area contributed by atoms with Gasteiger partial charge in [-0.1, -0.05) is 24.9 Å². The van der Waals surface area contributed by atoms with E-state index >= 15 is 0 Å². The van der Waals surface area contributed by atoms with Crippen LogP contribution in [-0.4, -0.2) is 29.3 Å². The molecule has 0 N–H and O–H groups in total. The van der Waals surface area contributed by atoms with E-state index in [1.54, 1.807) is 27.6 Å². The number of unbranched alkanes of at least 4 members (excludes halogenated alkanes) is 1. The minimum Gasteiger partial charge on any atom is -0.485 e. The van der Waals surface area contributed by atoms with Crippen LogP contribution in [0.5, 0.6) is 5.75 Å². The van der Waals surface area contributed by atoms with E-state index in [2.05, 4.69) is 22.0 Å². The van der Waals surface area contributed by atoms with E-state index < -0.39 is 0 Å². The van der Waals surface area contributed by atoms with E-state index in [1.807, 2.05) is 45.4 Å². The van der Waals surface area contributed by atoms with E-state index in [0.29, 0.717) is 22.8 Å². The van der Waals surface area contributed by atoms with Gasteiger partial charge in [0.2, 0.25) is 0 Å². The van der Waals surface area contributed by atoms with Crippen molar-refractivity contribution >= 4 is 11.6 Å². The fourth-order valence-corrected chi connectivity index (χ4v) is 3.87. The second-order valence-electron chi connectivity index (χ2n) is 8.19. The summed E-state index contributed by atoms with van der Waals surface area (Å²) in [6, 6.07) is 7.23. The number of ether oxygens (including phenoxy) is 1. The van der Waals surface area contributed by atoms with Crippen molar-refractivity contribution in [2.45, 2.75) is 46.6 Å². The highest BCUT2D eigenvalue weighted by molar-refractivity contribution is 6.31. The minimum absolute atomic E-state index is 0.0139. The quantitative estimate of drug-likeness (QED) is 0.367. The first-order valence-electron chi connectivity index (χ1n) is 11.2. The van der Waals surface area contributed by atoms with Crippen LogP contribution in [0.25, 0.3) is 17.1 Å². The second-order valence-corrected chi connectivity index (χ2v) is 8.57. The van der Waals surface area contributed by atoms with Crippen LogP contribution in [0.2, 0.25) is 5.02 Å². The summed E-state index contributed by atoms with van der Waals surface area (Å²) in [4.78, 5) is 26.9. The summed E-state index contributed by atoms with van der Waals surface area (Å²) < 4.78 is 9.03. The molecule has 0 saturated heterocycles. The molecule has 0 fully saturated rings. The van der Waals surface area contributed by atoms with Gasteiger partial charge in [0.1, 0.15) is 23.2 Å². The van der Waals surface area contributed by atoms with Gasteiger partial charge in [-0.15, -0.1) is 0 Å². The number of nitrogens with zero attached hydrogens (tertiary/aromatic N) is 6. The van der Waals surface area contributed by atoms with Gasteiger partial charge in [0, 0.05) is 43.8 Å². The number of rotatable bonds is 8. The van der Waals surface area contributed by atoms with E-state index in [4.69, 9.17) is 21.3 Å². The SMILES string of the molecule is CCCCc1ncc(C)c(-c2cc(-n3c(C)cc(OCc4ccn(C)n4)c(Cl)c3=O)ccn2)n1. The third kappa shape index (κ3) is 5.02. The van der Waals surface area contributed by atoms with Crippen LogP contribution in [-0.2, 0) is 20.1 Å². The molecule has 0 atom stereocenters. The molecular formula is C25H27ClN6O2. The van der Waals surface area contributed by atoms with Gasteiger partial charge in [0.05, 0.1) is 22.8 Å². The number of pyridine rings is 2. The maximum atomic E-state index is 13.2. The van der Waals surface area contributed by atoms with Gasteiger partial charge in [-0.3, -0.25) is 19.0 Å². The smallest absolute Gasteiger partial charge is 0.277 e. The Morgan fingerprint density at radius 2 is 1.97 bits per heavy atom. The lowest BCUT2D eigenvalue weighted by molar-refractivity contribution is 0.299. The van der Waals surface area contributed by atoms with Gasteiger partial charge < -0.3 is 4.74 Å². The van der Waals surface area contributed by atoms with E-state index in [0.717, 1.165) is 42.0 Å². The van der Waals surface area contributed by atoms with Crippen molar-refractivity contribution in [3.8, 4) is 22.8 Å². The lowest BCUT2D eigenvalue weighted by Crippen LogP contribution is -2.22. The van der Waals surface area contributed by atoms with Crippen molar-refractivity contribution in [1.29, 1.82) is 0 Å². The summed E-state index contributed by atoms with van der Waals surface area (Å²) in [5.41, 5.74) is 4.08. The predicted molar refractivity (Wildman–Crippen MR) is 131 cm³/mol. The third-order valence-electron chi connectivity index (χ3n) is 5.46. The topological polar surface area (TPSA) is 87.7 Å². The largest absolute Gasteiger partial charge is 0.485 e. The number of aryl methyl sites for hydroxylation is 4. The molecule has 0 bridgehead atoms. The lowest BCUT2D eigenvalue weighted by Gasteiger charge is -2.15. The number of halogens is 1. The first kappa shape index (κ1) is 23.6. The molecule has 0 unspecified atom stereocenters. The molecule has 0 amide bonds. The average molecular weight is 479 g/mol. The van der Waals surface area contributed by atoms with Gasteiger partial charge in [0.15, 0.2) is 0 Å². The van der Waals surface area contributed by atoms with Crippen molar-refractivity contribution in [2.75, 3.05) is 0 Å². The Bertz CT molecular complexity index is 1380. The van der Waals surface area contributed by atoms with Gasteiger partial charge in [-0.25, -0.2) is 9.97 Å². The number of hydrogen-bond donors (Lipinski definition) is 0. The Kier molecular flexibility index (Phi) is 7.07. The summed E-state index contributed by atoms with van der Waals surface area (Å²) >= 11 is 6.42. The fraction of sp³-hybridized carbons (Fsp3) is 0.320. The van der Waals surface area contributed by atoms with Gasteiger partial charge in [-0.05, 0) is 44.0 Å². The maximum absolute atomic E-state index is 13.2. The standard InChI is InChI=1S/C25H27ClN6O2/c1-5-6-7-22-28-14-16(2)24(29-22)20-13-19(8-10-27-20)32-17(3)12-21(23(26)25(32)33)34-15-18-9-11-31(4)30-18/h8-14H,5-7,15H2,1-4H3. The molecule has 4 aromatic heterocycles. The highest BCUT2D eigenvalue weighted by Gasteiger charge is 2.16. The maximum Gasteiger partial charge on any atom is 0.277 e. The van der Waals surface area contributed by atoms with Gasteiger partial charge in [0.25, 0.3) is 5.56 Å². The molecule has 0 aromatic carbocycles. The summed E-state index contributed by atoms with van der Waals surface area (Å²) in [7, 11) is 1.83. The van der Waals surface area contributed by atoms with Crippen molar-refractivity contribution in [3.63, 3.8) is 0 Å².